The van der Waals surface area contributed by atoms with Gasteiger partial charge in [-0.05, 0) is 37.5 Å². The van der Waals surface area contributed by atoms with Crippen molar-refractivity contribution in [2.24, 2.45) is 17.6 Å². The first kappa shape index (κ1) is 14.7. The van der Waals surface area contributed by atoms with E-state index in [1.807, 2.05) is 12.1 Å². The van der Waals surface area contributed by atoms with E-state index in [4.69, 9.17) is 19.9 Å². The van der Waals surface area contributed by atoms with Crippen LogP contribution in [0.2, 0.25) is 0 Å². The third kappa shape index (κ3) is 2.74. The first-order chi connectivity index (χ1) is 10.1. The topological polar surface area (TPSA) is 53.7 Å². The highest BCUT2D eigenvalue weighted by Gasteiger charge is 2.41. The first-order valence-electron chi connectivity index (χ1n) is 7.88. The van der Waals surface area contributed by atoms with Gasteiger partial charge in [-0.25, -0.2) is 0 Å². The van der Waals surface area contributed by atoms with E-state index >= 15 is 0 Å². The molecule has 2 heterocycles. The van der Waals surface area contributed by atoms with Gasteiger partial charge in [0.05, 0.1) is 25.4 Å². The lowest BCUT2D eigenvalue weighted by molar-refractivity contribution is 0.0489. The monoisotopic (exact) mass is 291 g/mol. The number of hydrogen-bond donors (Lipinski definition) is 1. The molecule has 5 atom stereocenters. The number of ether oxygens (including phenoxy) is 3. The summed E-state index contributed by atoms with van der Waals surface area (Å²) in [5, 5.41) is 0. The zero-order valence-electron chi connectivity index (χ0n) is 13.0. The Morgan fingerprint density at radius 3 is 2.43 bits per heavy atom. The van der Waals surface area contributed by atoms with Gasteiger partial charge in [0, 0.05) is 18.4 Å². The normalized spacial score (nSPS) is 33.5. The molecular weight excluding hydrogens is 266 g/mol. The Kier molecular flexibility index (Phi) is 4.09. The van der Waals surface area contributed by atoms with Crippen LogP contribution < -0.4 is 15.2 Å². The lowest BCUT2D eigenvalue weighted by Gasteiger charge is -2.26. The maximum atomic E-state index is 6.54. The van der Waals surface area contributed by atoms with Crippen LogP contribution >= 0.6 is 0 Å². The van der Waals surface area contributed by atoms with Crippen LogP contribution in [-0.2, 0) is 4.74 Å². The van der Waals surface area contributed by atoms with Crippen molar-refractivity contribution in [3.63, 3.8) is 0 Å². The average molecular weight is 291 g/mol. The number of nitrogens with two attached hydrogens (primary N) is 1. The Morgan fingerprint density at radius 2 is 1.76 bits per heavy atom. The molecule has 2 aliphatic rings. The predicted octanol–water partition coefficient (Wildman–Crippen LogP) is 2.91. The summed E-state index contributed by atoms with van der Waals surface area (Å²) in [7, 11) is 0. The molecule has 0 bridgehead atoms. The molecule has 0 amide bonds. The van der Waals surface area contributed by atoms with E-state index < -0.39 is 0 Å². The number of rotatable bonds is 2. The summed E-state index contributed by atoms with van der Waals surface area (Å²) >= 11 is 0. The van der Waals surface area contributed by atoms with Crippen LogP contribution in [0.3, 0.4) is 0 Å². The van der Waals surface area contributed by atoms with Crippen LogP contribution in [0.1, 0.15) is 38.8 Å². The zero-order chi connectivity index (χ0) is 15.0. The summed E-state index contributed by atoms with van der Waals surface area (Å²) in [6.07, 6.45) is 1.36. The van der Waals surface area contributed by atoms with Gasteiger partial charge >= 0.3 is 0 Å². The van der Waals surface area contributed by atoms with Crippen molar-refractivity contribution in [2.75, 3.05) is 13.2 Å². The highest BCUT2D eigenvalue weighted by atomic mass is 16.5. The highest BCUT2D eigenvalue weighted by molar-refractivity contribution is 5.44. The van der Waals surface area contributed by atoms with Crippen LogP contribution in [0.5, 0.6) is 11.5 Å². The van der Waals surface area contributed by atoms with E-state index in [1.165, 1.54) is 0 Å². The van der Waals surface area contributed by atoms with Crippen LogP contribution in [0.15, 0.2) is 18.2 Å². The Labute approximate surface area is 126 Å². The summed E-state index contributed by atoms with van der Waals surface area (Å²) < 4.78 is 17.4. The molecule has 3 rings (SSSR count). The molecule has 1 saturated heterocycles. The summed E-state index contributed by atoms with van der Waals surface area (Å²) in [6.45, 7) is 7.87. The van der Waals surface area contributed by atoms with Crippen LogP contribution in [0, 0.1) is 11.8 Å². The van der Waals surface area contributed by atoms with Gasteiger partial charge < -0.3 is 19.9 Å². The molecule has 4 nitrogen and oxygen atoms in total. The summed E-state index contributed by atoms with van der Waals surface area (Å²) in [4.78, 5) is 0. The lowest BCUT2D eigenvalue weighted by atomic mass is 9.81. The SMILES string of the molecule is CC1OC(C)C(C(N)c2ccc3c(c2)OCCCO3)C1C. The van der Waals surface area contributed by atoms with Crippen molar-refractivity contribution in [1.82, 2.24) is 0 Å². The zero-order valence-corrected chi connectivity index (χ0v) is 13.0. The van der Waals surface area contributed by atoms with E-state index in [0.717, 1.165) is 23.5 Å². The Hall–Kier alpha value is -1.26. The third-order valence-electron chi connectivity index (χ3n) is 4.89. The van der Waals surface area contributed by atoms with Gasteiger partial charge in [-0.2, -0.15) is 0 Å². The number of fused-ring (bicyclic) bond motifs is 1. The third-order valence-corrected chi connectivity index (χ3v) is 4.89. The second-order valence-corrected chi connectivity index (χ2v) is 6.27. The fourth-order valence-corrected chi connectivity index (χ4v) is 3.52. The van der Waals surface area contributed by atoms with Crippen LogP contribution in [-0.4, -0.2) is 25.4 Å². The minimum Gasteiger partial charge on any atom is -0.490 e. The second-order valence-electron chi connectivity index (χ2n) is 6.27. The Bertz CT molecular complexity index is 505. The van der Waals surface area contributed by atoms with Gasteiger partial charge in [0.1, 0.15) is 0 Å². The van der Waals surface area contributed by atoms with E-state index in [-0.39, 0.29) is 18.2 Å². The van der Waals surface area contributed by atoms with E-state index in [2.05, 4.69) is 26.8 Å². The smallest absolute Gasteiger partial charge is 0.161 e. The van der Waals surface area contributed by atoms with Gasteiger partial charge in [0.2, 0.25) is 0 Å². The number of hydrogen-bond acceptors (Lipinski definition) is 4. The summed E-state index contributed by atoms with van der Waals surface area (Å²) in [6, 6.07) is 6.02. The molecule has 1 fully saturated rings. The van der Waals surface area contributed by atoms with Crippen molar-refractivity contribution in [3.05, 3.63) is 23.8 Å². The molecule has 0 radical (unpaired) electrons. The molecule has 4 heteroatoms. The highest BCUT2D eigenvalue weighted by Crippen LogP contribution is 2.41. The van der Waals surface area contributed by atoms with Crippen molar-refractivity contribution < 1.29 is 14.2 Å². The van der Waals surface area contributed by atoms with E-state index in [9.17, 15) is 0 Å². The molecule has 1 aromatic carbocycles. The van der Waals surface area contributed by atoms with Gasteiger partial charge in [0.25, 0.3) is 0 Å². The first-order valence-corrected chi connectivity index (χ1v) is 7.88. The summed E-state index contributed by atoms with van der Waals surface area (Å²) in [5.41, 5.74) is 7.64. The van der Waals surface area contributed by atoms with Gasteiger partial charge in [-0.3, -0.25) is 0 Å². The molecule has 0 saturated carbocycles. The molecule has 0 aliphatic carbocycles. The van der Waals surface area contributed by atoms with Crippen molar-refractivity contribution in [2.45, 2.75) is 45.4 Å². The fourth-order valence-electron chi connectivity index (χ4n) is 3.52. The predicted molar refractivity (Wildman–Crippen MR) is 81.6 cm³/mol. The van der Waals surface area contributed by atoms with Gasteiger partial charge in [0.15, 0.2) is 11.5 Å². The molecule has 21 heavy (non-hydrogen) atoms. The average Bonchev–Trinajstić information content (AvgIpc) is 2.66. The molecule has 116 valence electrons. The standard InChI is InChI=1S/C17H25NO3/c1-10-11(2)21-12(3)16(10)17(18)13-5-6-14-15(9-13)20-8-4-7-19-14/h5-6,9-12,16-17H,4,7-8,18H2,1-3H3. The molecule has 1 aromatic rings. The Morgan fingerprint density at radius 1 is 1.05 bits per heavy atom. The largest absolute Gasteiger partial charge is 0.490 e. The quantitative estimate of drug-likeness (QED) is 0.910. The Balaban J connectivity index is 1.85. The molecule has 0 aromatic heterocycles. The number of benzene rings is 1. The van der Waals surface area contributed by atoms with E-state index in [1.54, 1.807) is 0 Å². The molecule has 5 unspecified atom stereocenters. The molecule has 2 N–H and O–H groups in total. The lowest BCUT2D eigenvalue weighted by Crippen LogP contribution is -2.30. The molecular formula is C17H25NO3. The van der Waals surface area contributed by atoms with Gasteiger partial charge in [-0.15, -0.1) is 0 Å². The van der Waals surface area contributed by atoms with Gasteiger partial charge in [-0.1, -0.05) is 13.0 Å². The maximum absolute atomic E-state index is 6.54. The van der Waals surface area contributed by atoms with Crippen molar-refractivity contribution in [3.8, 4) is 11.5 Å². The molecule has 2 aliphatic heterocycles. The fraction of sp³-hybridized carbons (Fsp3) is 0.647. The maximum Gasteiger partial charge on any atom is 0.161 e. The van der Waals surface area contributed by atoms with E-state index in [0.29, 0.717) is 25.0 Å². The molecule has 0 spiro atoms. The minimum absolute atomic E-state index is 0.0443. The van der Waals surface area contributed by atoms with Crippen LogP contribution in [0.4, 0.5) is 0 Å². The summed E-state index contributed by atoms with van der Waals surface area (Å²) in [5.74, 6) is 2.41. The minimum atomic E-state index is -0.0443. The van der Waals surface area contributed by atoms with Crippen molar-refractivity contribution in [1.29, 1.82) is 0 Å². The van der Waals surface area contributed by atoms with Crippen LogP contribution in [0.25, 0.3) is 0 Å². The van der Waals surface area contributed by atoms with Crippen molar-refractivity contribution >= 4 is 0 Å². The second kappa shape index (κ2) is 5.85.